The zero-order valence-corrected chi connectivity index (χ0v) is 17.6. The van der Waals surface area contributed by atoms with Gasteiger partial charge in [-0.25, -0.2) is 15.0 Å². The Bertz CT molecular complexity index is 1060. The van der Waals surface area contributed by atoms with Crippen LogP contribution in [0.2, 0.25) is 0 Å². The molecule has 0 saturated carbocycles. The Hall–Kier alpha value is -3.33. The Balaban J connectivity index is 1.42. The molecule has 0 spiro atoms. The predicted molar refractivity (Wildman–Crippen MR) is 113 cm³/mol. The Morgan fingerprint density at radius 3 is 2.33 bits per heavy atom. The zero-order chi connectivity index (χ0) is 21.1. The lowest BCUT2D eigenvalue weighted by atomic mass is 10.1. The number of carbonyl (C=O) groups is 2. The van der Waals surface area contributed by atoms with Gasteiger partial charge in [0.15, 0.2) is 10.8 Å². The van der Waals surface area contributed by atoms with Crippen molar-refractivity contribution in [3.8, 4) is 16.6 Å². The van der Waals surface area contributed by atoms with Gasteiger partial charge in [-0.1, -0.05) is 6.07 Å². The minimum atomic E-state index is -0.0688. The summed E-state index contributed by atoms with van der Waals surface area (Å²) < 4.78 is 5.20. The summed E-state index contributed by atoms with van der Waals surface area (Å²) >= 11 is 1.30. The Kier molecular flexibility index (Phi) is 5.71. The predicted octanol–water partition coefficient (Wildman–Crippen LogP) is 2.52. The van der Waals surface area contributed by atoms with Crippen LogP contribution in [0.15, 0.2) is 42.7 Å². The summed E-state index contributed by atoms with van der Waals surface area (Å²) in [6.07, 6.45) is 3.30. The standard InChI is InChI=1S/C21H21N5O3S/c1-14-17(30-19(24-14)18-22-7-4-8-23-18)21(28)26-11-9-25(10-12-26)20(27)15-5-3-6-16(13-15)29-2/h3-8,13H,9-12H2,1-2H3. The topological polar surface area (TPSA) is 88.5 Å². The fourth-order valence-electron chi connectivity index (χ4n) is 3.29. The molecule has 1 aromatic carbocycles. The molecule has 2 aromatic heterocycles. The molecule has 0 bridgehead atoms. The minimum absolute atomic E-state index is 0.0570. The molecule has 30 heavy (non-hydrogen) atoms. The average Bonchev–Trinajstić information content (AvgIpc) is 3.20. The number of rotatable bonds is 4. The highest BCUT2D eigenvalue weighted by Crippen LogP contribution is 2.27. The van der Waals surface area contributed by atoms with E-state index in [0.29, 0.717) is 58.9 Å². The van der Waals surface area contributed by atoms with Crippen molar-refractivity contribution in [1.29, 1.82) is 0 Å². The molecule has 0 N–H and O–H groups in total. The number of amides is 2. The molecule has 154 valence electrons. The average molecular weight is 423 g/mol. The lowest BCUT2D eigenvalue weighted by Gasteiger charge is -2.34. The molecule has 9 heteroatoms. The molecule has 4 rings (SSSR count). The highest BCUT2D eigenvalue weighted by atomic mass is 32.1. The van der Waals surface area contributed by atoms with Crippen LogP contribution >= 0.6 is 11.3 Å². The number of hydrogen-bond donors (Lipinski definition) is 0. The number of benzene rings is 1. The number of hydrogen-bond acceptors (Lipinski definition) is 7. The first kappa shape index (κ1) is 20.0. The summed E-state index contributed by atoms with van der Waals surface area (Å²) in [7, 11) is 1.57. The van der Waals surface area contributed by atoms with Crippen LogP contribution in [0.25, 0.3) is 10.8 Å². The van der Waals surface area contributed by atoms with Crippen molar-refractivity contribution in [1.82, 2.24) is 24.8 Å². The maximum Gasteiger partial charge on any atom is 0.265 e. The van der Waals surface area contributed by atoms with E-state index in [1.807, 2.05) is 6.92 Å². The summed E-state index contributed by atoms with van der Waals surface area (Å²) in [6, 6.07) is 8.85. The molecule has 0 radical (unpaired) electrons. The largest absolute Gasteiger partial charge is 0.497 e. The van der Waals surface area contributed by atoms with Gasteiger partial charge in [0.1, 0.15) is 10.6 Å². The molecular weight excluding hydrogens is 402 g/mol. The number of carbonyl (C=O) groups excluding carboxylic acids is 2. The van der Waals surface area contributed by atoms with E-state index in [2.05, 4.69) is 15.0 Å². The first-order chi connectivity index (χ1) is 14.6. The van der Waals surface area contributed by atoms with E-state index in [1.165, 1.54) is 11.3 Å². The number of piperazine rings is 1. The van der Waals surface area contributed by atoms with Crippen LogP contribution in [-0.2, 0) is 0 Å². The minimum Gasteiger partial charge on any atom is -0.497 e. The number of nitrogens with zero attached hydrogens (tertiary/aromatic N) is 5. The van der Waals surface area contributed by atoms with Gasteiger partial charge < -0.3 is 14.5 Å². The summed E-state index contributed by atoms with van der Waals surface area (Å²) in [6.45, 7) is 3.73. The van der Waals surface area contributed by atoms with Crippen molar-refractivity contribution in [2.45, 2.75) is 6.92 Å². The van der Waals surface area contributed by atoms with E-state index >= 15 is 0 Å². The summed E-state index contributed by atoms with van der Waals surface area (Å²) in [5.41, 5.74) is 1.25. The van der Waals surface area contributed by atoms with Gasteiger partial charge in [0, 0.05) is 44.1 Å². The van der Waals surface area contributed by atoms with Gasteiger partial charge in [0.25, 0.3) is 11.8 Å². The van der Waals surface area contributed by atoms with Crippen molar-refractivity contribution in [2.75, 3.05) is 33.3 Å². The third kappa shape index (κ3) is 4.02. The lowest BCUT2D eigenvalue weighted by molar-refractivity contribution is 0.0537. The van der Waals surface area contributed by atoms with E-state index in [0.717, 1.165) is 0 Å². The van der Waals surface area contributed by atoms with Crippen molar-refractivity contribution < 1.29 is 14.3 Å². The van der Waals surface area contributed by atoms with Gasteiger partial charge in [0.2, 0.25) is 0 Å². The third-order valence-corrected chi connectivity index (χ3v) is 6.06. The van der Waals surface area contributed by atoms with Crippen molar-refractivity contribution >= 4 is 23.2 Å². The molecule has 2 amide bonds. The number of methoxy groups -OCH3 is 1. The molecule has 1 aliphatic rings. The van der Waals surface area contributed by atoms with Gasteiger partial charge in [-0.3, -0.25) is 9.59 Å². The van der Waals surface area contributed by atoms with E-state index in [4.69, 9.17) is 4.74 Å². The first-order valence-corrected chi connectivity index (χ1v) is 10.4. The van der Waals surface area contributed by atoms with Gasteiger partial charge in [0.05, 0.1) is 12.8 Å². The monoisotopic (exact) mass is 423 g/mol. The molecule has 1 fully saturated rings. The second-order valence-corrected chi connectivity index (χ2v) is 7.82. The van der Waals surface area contributed by atoms with E-state index in [9.17, 15) is 9.59 Å². The Morgan fingerprint density at radius 2 is 1.67 bits per heavy atom. The smallest absolute Gasteiger partial charge is 0.265 e. The maximum absolute atomic E-state index is 13.0. The first-order valence-electron chi connectivity index (χ1n) is 9.54. The molecule has 3 aromatic rings. The van der Waals surface area contributed by atoms with Gasteiger partial charge in [-0.05, 0) is 31.2 Å². The SMILES string of the molecule is COc1cccc(C(=O)N2CCN(C(=O)c3sc(-c4ncccn4)nc3C)CC2)c1. The van der Waals surface area contributed by atoms with Crippen LogP contribution in [0.3, 0.4) is 0 Å². The second-order valence-electron chi connectivity index (χ2n) is 6.82. The highest BCUT2D eigenvalue weighted by molar-refractivity contribution is 7.17. The molecule has 3 heterocycles. The van der Waals surface area contributed by atoms with E-state index in [-0.39, 0.29) is 11.8 Å². The number of aromatic nitrogens is 3. The molecule has 1 aliphatic heterocycles. The Labute approximate surface area is 178 Å². The van der Waals surface area contributed by atoms with Crippen LogP contribution in [0.5, 0.6) is 5.75 Å². The van der Waals surface area contributed by atoms with Gasteiger partial charge >= 0.3 is 0 Å². The quantitative estimate of drug-likeness (QED) is 0.641. The molecule has 0 aliphatic carbocycles. The summed E-state index contributed by atoms with van der Waals surface area (Å²) in [4.78, 5) is 42.8. The normalized spacial score (nSPS) is 13.9. The second kappa shape index (κ2) is 8.58. The van der Waals surface area contributed by atoms with Crippen LogP contribution < -0.4 is 4.74 Å². The van der Waals surface area contributed by atoms with Crippen molar-refractivity contribution in [3.05, 3.63) is 58.9 Å². The summed E-state index contributed by atoms with van der Waals surface area (Å²) in [5.74, 6) is 1.03. The van der Waals surface area contributed by atoms with Crippen molar-refractivity contribution in [2.24, 2.45) is 0 Å². The van der Waals surface area contributed by atoms with E-state index in [1.54, 1.807) is 59.6 Å². The highest BCUT2D eigenvalue weighted by Gasteiger charge is 2.28. The number of aryl methyl sites for hydroxylation is 1. The maximum atomic E-state index is 13.0. The molecule has 0 unspecified atom stereocenters. The third-order valence-electron chi connectivity index (χ3n) is 4.92. The van der Waals surface area contributed by atoms with Crippen LogP contribution in [-0.4, -0.2) is 69.9 Å². The fourth-order valence-corrected chi connectivity index (χ4v) is 4.28. The van der Waals surface area contributed by atoms with E-state index < -0.39 is 0 Å². The molecule has 1 saturated heterocycles. The number of thiazole rings is 1. The Morgan fingerprint density at radius 1 is 1.00 bits per heavy atom. The zero-order valence-electron chi connectivity index (χ0n) is 16.7. The molecular formula is C21H21N5O3S. The van der Waals surface area contributed by atoms with Crippen LogP contribution in [0, 0.1) is 6.92 Å². The number of ether oxygens (including phenoxy) is 1. The summed E-state index contributed by atoms with van der Waals surface area (Å²) in [5, 5.41) is 0.628. The van der Waals surface area contributed by atoms with Gasteiger partial charge in [-0.15, -0.1) is 11.3 Å². The fraction of sp³-hybridized carbons (Fsp3) is 0.286. The molecule has 8 nitrogen and oxygen atoms in total. The van der Waals surface area contributed by atoms with Crippen molar-refractivity contribution in [3.63, 3.8) is 0 Å². The van der Waals surface area contributed by atoms with Gasteiger partial charge in [-0.2, -0.15) is 0 Å². The lowest BCUT2D eigenvalue weighted by Crippen LogP contribution is -2.50. The molecule has 0 atom stereocenters. The van der Waals surface area contributed by atoms with Crippen LogP contribution in [0.1, 0.15) is 25.7 Å². The van der Waals surface area contributed by atoms with Crippen LogP contribution in [0.4, 0.5) is 0 Å².